The van der Waals surface area contributed by atoms with Crippen LogP contribution in [0.2, 0.25) is 0 Å². The molecule has 0 saturated carbocycles. The average molecular weight is 366 g/mol. The van der Waals surface area contributed by atoms with Gasteiger partial charge in [0.1, 0.15) is 0 Å². The molecule has 0 amide bonds. The number of imidazole rings is 1. The van der Waals surface area contributed by atoms with E-state index in [0.717, 1.165) is 0 Å². The van der Waals surface area contributed by atoms with Crippen molar-refractivity contribution < 1.29 is 13.2 Å². The molecular weight excluding hydrogens is 351 g/mol. The molecule has 116 valence electrons. The van der Waals surface area contributed by atoms with E-state index in [-0.39, 0.29) is 12.1 Å². The lowest BCUT2D eigenvalue weighted by molar-refractivity contribution is -0.136. The first kappa shape index (κ1) is 16.1. The highest BCUT2D eigenvalue weighted by Crippen LogP contribution is 2.32. The van der Waals surface area contributed by atoms with Crippen molar-refractivity contribution in [3.63, 3.8) is 0 Å². The van der Waals surface area contributed by atoms with Crippen molar-refractivity contribution in [2.45, 2.75) is 25.1 Å². The standard InChI is InChI=1S/C13H15BrF3N3O/c1-19-10-5-7(9(18)3-4-13(15,16)17)8(14)6-11(10)20(2)12(19)21/h5-6,9H,3-4,18H2,1-2H3. The second-order valence-electron chi connectivity index (χ2n) is 5.02. The van der Waals surface area contributed by atoms with Gasteiger partial charge in [-0.25, -0.2) is 4.79 Å². The molecule has 8 heteroatoms. The lowest BCUT2D eigenvalue weighted by Crippen LogP contribution is -2.19. The molecule has 1 aromatic heterocycles. The Morgan fingerprint density at radius 2 is 1.76 bits per heavy atom. The molecule has 0 fully saturated rings. The third-order valence-corrected chi connectivity index (χ3v) is 4.22. The summed E-state index contributed by atoms with van der Waals surface area (Å²) in [6.07, 6.45) is -5.37. The Bertz CT molecular complexity index is 733. The van der Waals surface area contributed by atoms with Crippen molar-refractivity contribution in [3.05, 3.63) is 32.7 Å². The van der Waals surface area contributed by atoms with Gasteiger partial charge in [0.2, 0.25) is 0 Å². The Hall–Kier alpha value is -1.28. The molecular formula is C13H15BrF3N3O. The first-order valence-corrected chi connectivity index (χ1v) is 7.08. The molecule has 2 aromatic rings. The van der Waals surface area contributed by atoms with E-state index >= 15 is 0 Å². The highest BCUT2D eigenvalue weighted by Gasteiger charge is 2.28. The summed E-state index contributed by atoms with van der Waals surface area (Å²) in [5.74, 6) is 0. The molecule has 0 spiro atoms. The van der Waals surface area contributed by atoms with Crippen molar-refractivity contribution in [2.75, 3.05) is 0 Å². The SMILES string of the molecule is Cn1c(=O)n(C)c2cc(C(N)CCC(F)(F)F)c(Br)cc21. The van der Waals surface area contributed by atoms with E-state index in [1.54, 1.807) is 26.2 Å². The van der Waals surface area contributed by atoms with Gasteiger partial charge >= 0.3 is 11.9 Å². The predicted octanol–water partition coefficient (Wildman–Crippen LogP) is 2.98. The van der Waals surface area contributed by atoms with E-state index in [2.05, 4.69) is 15.9 Å². The van der Waals surface area contributed by atoms with Gasteiger partial charge in [-0.2, -0.15) is 13.2 Å². The normalized spacial score (nSPS) is 13.9. The van der Waals surface area contributed by atoms with Crippen LogP contribution in [-0.2, 0) is 14.1 Å². The van der Waals surface area contributed by atoms with Gasteiger partial charge < -0.3 is 5.73 Å². The van der Waals surface area contributed by atoms with Crippen molar-refractivity contribution in [3.8, 4) is 0 Å². The average Bonchev–Trinajstić information content (AvgIpc) is 2.59. The van der Waals surface area contributed by atoms with Crippen LogP contribution in [0.15, 0.2) is 21.4 Å². The second kappa shape index (κ2) is 5.49. The van der Waals surface area contributed by atoms with Crippen LogP contribution in [0.5, 0.6) is 0 Å². The van der Waals surface area contributed by atoms with Gasteiger partial charge in [0.05, 0.1) is 11.0 Å². The number of nitrogens with zero attached hydrogens (tertiary/aromatic N) is 2. The van der Waals surface area contributed by atoms with Crippen LogP contribution in [0, 0.1) is 0 Å². The van der Waals surface area contributed by atoms with Crippen molar-refractivity contribution in [1.29, 1.82) is 0 Å². The molecule has 0 aliphatic heterocycles. The minimum Gasteiger partial charge on any atom is -0.324 e. The monoisotopic (exact) mass is 365 g/mol. The smallest absolute Gasteiger partial charge is 0.324 e. The fourth-order valence-corrected chi connectivity index (χ4v) is 2.92. The van der Waals surface area contributed by atoms with Crippen LogP contribution in [0.4, 0.5) is 13.2 Å². The lowest BCUT2D eigenvalue weighted by Gasteiger charge is -2.15. The Kier molecular flexibility index (Phi) is 4.21. The number of halogens is 4. The highest BCUT2D eigenvalue weighted by molar-refractivity contribution is 9.10. The number of alkyl halides is 3. The zero-order valence-electron chi connectivity index (χ0n) is 11.5. The van der Waals surface area contributed by atoms with E-state index < -0.39 is 18.6 Å². The van der Waals surface area contributed by atoms with Crippen LogP contribution in [-0.4, -0.2) is 15.3 Å². The number of hydrogen-bond donors (Lipinski definition) is 1. The Labute approximate surface area is 127 Å². The molecule has 4 nitrogen and oxygen atoms in total. The quantitative estimate of drug-likeness (QED) is 0.908. The van der Waals surface area contributed by atoms with Crippen molar-refractivity contribution in [2.24, 2.45) is 19.8 Å². The number of nitrogens with two attached hydrogens (primary N) is 1. The zero-order valence-corrected chi connectivity index (χ0v) is 13.1. The van der Waals surface area contributed by atoms with Gasteiger partial charge in [0, 0.05) is 31.0 Å². The number of aryl methyl sites for hydroxylation is 2. The van der Waals surface area contributed by atoms with E-state index in [0.29, 0.717) is 21.1 Å². The Morgan fingerprint density at radius 1 is 1.24 bits per heavy atom. The third-order valence-electron chi connectivity index (χ3n) is 3.53. The molecule has 21 heavy (non-hydrogen) atoms. The number of hydrogen-bond acceptors (Lipinski definition) is 2. The van der Waals surface area contributed by atoms with E-state index in [9.17, 15) is 18.0 Å². The largest absolute Gasteiger partial charge is 0.389 e. The molecule has 0 radical (unpaired) electrons. The summed E-state index contributed by atoms with van der Waals surface area (Å²) in [6, 6.07) is 2.63. The summed E-state index contributed by atoms with van der Waals surface area (Å²) in [7, 11) is 3.25. The van der Waals surface area contributed by atoms with Crippen LogP contribution < -0.4 is 11.4 Å². The number of aromatic nitrogens is 2. The molecule has 0 aliphatic rings. The van der Waals surface area contributed by atoms with Gasteiger partial charge in [-0.1, -0.05) is 15.9 Å². The van der Waals surface area contributed by atoms with Gasteiger partial charge in [-0.3, -0.25) is 9.13 Å². The molecule has 0 bridgehead atoms. The van der Waals surface area contributed by atoms with Crippen LogP contribution in [0.3, 0.4) is 0 Å². The molecule has 0 aliphatic carbocycles. The topological polar surface area (TPSA) is 53.0 Å². The van der Waals surface area contributed by atoms with E-state index in [4.69, 9.17) is 5.73 Å². The number of fused-ring (bicyclic) bond motifs is 1. The summed E-state index contributed by atoms with van der Waals surface area (Å²) in [4.78, 5) is 11.9. The second-order valence-corrected chi connectivity index (χ2v) is 5.88. The van der Waals surface area contributed by atoms with Crippen LogP contribution in [0.25, 0.3) is 11.0 Å². The van der Waals surface area contributed by atoms with Gasteiger partial charge in [-0.05, 0) is 24.1 Å². The molecule has 1 aromatic carbocycles. The van der Waals surface area contributed by atoms with Crippen molar-refractivity contribution in [1.82, 2.24) is 9.13 Å². The first-order chi connectivity index (χ1) is 9.61. The summed E-state index contributed by atoms with van der Waals surface area (Å²) in [6.45, 7) is 0. The minimum atomic E-state index is -4.23. The first-order valence-electron chi connectivity index (χ1n) is 6.29. The molecule has 1 atom stereocenters. The minimum absolute atomic E-state index is 0.196. The summed E-state index contributed by atoms with van der Waals surface area (Å²) in [5.41, 5.74) is 7.57. The lowest BCUT2D eigenvalue weighted by atomic mass is 10.0. The number of rotatable bonds is 3. The van der Waals surface area contributed by atoms with Gasteiger partial charge in [0.15, 0.2) is 0 Å². The molecule has 0 saturated heterocycles. The van der Waals surface area contributed by atoms with Gasteiger partial charge in [0.25, 0.3) is 0 Å². The summed E-state index contributed by atoms with van der Waals surface area (Å²) < 4.78 is 40.4. The fraction of sp³-hybridized carbons (Fsp3) is 0.462. The van der Waals surface area contributed by atoms with Gasteiger partial charge in [-0.15, -0.1) is 0 Å². The number of benzene rings is 1. The summed E-state index contributed by atoms with van der Waals surface area (Å²) in [5, 5.41) is 0. The zero-order chi connectivity index (χ0) is 15.9. The third kappa shape index (κ3) is 3.16. The maximum atomic E-state index is 12.3. The van der Waals surface area contributed by atoms with Crippen LogP contribution >= 0.6 is 15.9 Å². The van der Waals surface area contributed by atoms with E-state index in [1.165, 1.54) is 9.13 Å². The van der Waals surface area contributed by atoms with E-state index in [1.807, 2.05) is 0 Å². The Balaban J connectivity index is 2.43. The molecule has 2 rings (SSSR count). The predicted molar refractivity (Wildman–Crippen MR) is 78.1 cm³/mol. The molecule has 2 N–H and O–H groups in total. The molecule has 1 heterocycles. The van der Waals surface area contributed by atoms with Crippen molar-refractivity contribution >= 4 is 27.0 Å². The summed E-state index contributed by atoms with van der Waals surface area (Å²) >= 11 is 3.32. The fourth-order valence-electron chi connectivity index (χ4n) is 2.29. The molecule has 1 unspecified atom stereocenters. The highest BCUT2D eigenvalue weighted by atomic mass is 79.9. The maximum Gasteiger partial charge on any atom is 0.389 e. The Morgan fingerprint density at radius 3 is 2.29 bits per heavy atom. The maximum absolute atomic E-state index is 12.3. The van der Waals surface area contributed by atoms with Crippen LogP contribution in [0.1, 0.15) is 24.4 Å².